The van der Waals surface area contributed by atoms with E-state index < -0.39 is 5.97 Å². The van der Waals surface area contributed by atoms with E-state index in [0.717, 1.165) is 72.7 Å². The molecule has 0 saturated carbocycles. The third-order valence-corrected chi connectivity index (χ3v) is 13.0. The molecular weight excluding hydrogens is 913 g/mol. The van der Waals surface area contributed by atoms with Crippen LogP contribution in [-0.4, -0.2) is 107 Å². The number of carbonyl (C=O) groups excluding carboxylic acids is 3. The number of carboxylic acids is 1. The van der Waals surface area contributed by atoms with Crippen LogP contribution in [0.5, 0.6) is 0 Å². The minimum Gasteiger partial charge on any atom is -0.657 e. The zero-order chi connectivity index (χ0) is 46.6. The average molecular weight is 976 g/mol. The van der Waals surface area contributed by atoms with Crippen molar-refractivity contribution in [1.82, 2.24) is 30.2 Å². The van der Waals surface area contributed by atoms with Gasteiger partial charge in [0.05, 0.1) is 54.5 Å². The van der Waals surface area contributed by atoms with E-state index in [1.807, 2.05) is 58.9 Å². The van der Waals surface area contributed by atoms with Crippen molar-refractivity contribution < 1.29 is 55.6 Å². The Balaban J connectivity index is 0.00000490. The van der Waals surface area contributed by atoms with E-state index in [-0.39, 0.29) is 73.2 Å². The number of fused-ring (bicyclic) bond motifs is 8. The molecule has 14 nitrogen and oxygen atoms in total. The number of likely N-dealkylation sites (tertiary alicyclic amines) is 1. The maximum atomic E-state index is 13.2. The molecule has 3 amide bonds. The van der Waals surface area contributed by atoms with Crippen LogP contribution in [0.4, 0.5) is 0 Å². The van der Waals surface area contributed by atoms with Crippen molar-refractivity contribution >= 4 is 85.9 Å². The molecule has 3 aliphatic heterocycles. The minimum absolute atomic E-state index is 0. The van der Waals surface area contributed by atoms with Crippen molar-refractivity contribution in [1.29, 1.82) is 0 Å². The Morgan fingerprint density at radius 1 is 0.806 bits per heavy atom. The molecule has 359 valence electrons. The number of rotatable bonds is 24. The molecule has 3 aliphatic rings. The molecule has 8 bridgehead atoms. The van der Waals surface area contributed by atoms with Gasteiger partial charge in [0.1, 0.15) is 0 Å². The monoisotopic (exact) mass is 975 g/mol. The molecule has 0 aliphatic carbocycles. The zero-order valence-corrected chi connectivity index (χ0v) is 41.5. The maximum absolute atomic E-state index is 13.2. The van der Waals surface area contributed by atoms with Crippen molar-refractivity contribution in [2.24, 2.45) is 0 Å². The third-order valence-electron chi connectivity index (χ3n) is 11.8. The molecule has 3 aromatic rings. The van der Waals surface area contributed by atoms with E-state index in [1.54, 1.807) is 12.2 Å². The fourth-order valence-electron chi connectivity index (χ4n) is 8.20. The van der Waals surface area contributed by atoms with Gasteiger partial charge in [-0.3, -0.25) is 24.1 Å². The largest absolute Gasteiger partial charge is 3.00 e. The number of aryl methyl sites for hydroxylation is 3. The number of ether oxygens (including phenoxy) is 3. The first-order chi connectivity index (χ1) is 31.3. The molecule has 67 heavy (non-hydrogen) atoms. The summed E-state index contributed by atoms with van der Waals surface area (Å²) in [4.78, 5) is 70.9. The molecular formula is C51H63FeN6O8S. The van der Waals surface area contributed by atoms with Gasteiger partial charge in [-0.25, -0.2) is 9.97 Å². The van der Waals surface area contributed by atoms with E-state index in [9.17, 15) is 24.3 Å². The number of nitrogens with one attached hydrogen (secondary N) is 1. The predicted octanol–water partition coefficient (Wildman–Crippen LogP) is 7.95. The van der Waals surface area contributed by atoms with E-state index in [1.165, 1.54) is 16.7 Å². The van der Waals surface area contributed by atoms with Crippen molar-refractivity contribution in [3.8, 4) is 0 Å². The maximum Gasteiger partial charge on any atom is 3.00 e. The summed E-state index contributed by atoms with van der Waals surface area (Å²) in [6.45, 7) is 21.5. The Bertz CT molecular complexity index is 2560. The van der Waals surface area contributed by atoms with Crippen LogP contribution in [-0.2, 0) is 56.9 Å². The number of thioether (sulfide) groups is 1. The summed E-state index contributed by atoms with van der Waals surface area (Å²) >= 11 is 1.52. The van der Waals surface area contributed by atoms with Crippen LogP contribution in [0.3, 0.4) is 0 Å². The van der Waals surface area contributed by atoms with Crippen molar-refractivity contribution in [2.45, 2.75) is 84.8 Å². The van der Waals surface area contributed by atoms with Gasteiger partial charge in [0, 0.05) is 51.1 Å². The number of hydrogen-bond acceptors (Lipinski definition) is 10. The van der Waals surface area contributed by atoms with Crippen LogP contribution >= 0.6 is 11.8 Å². The summed E-state index contributed by atoms with van der Waals surface area (Å²) in [6.07, 6.45) is 6.00. The predicted molar refractivity (Wildman–Crippen MR) is 263 cm³/mol. The number of imide groups is 1. The molecule has 1 saturated heterocycles. The summed E-state index contributed by atoms with van der Waals surface area (Å²) in [5.74, 6) is -0.382. The summed E-state index contributed by atoms with van der Waals surface area (Å²) in [6, 6.07) is 7.77. The van der Waals surface area contributed by atoms with E-state index in [2.05, 4.69) is 18.5 Å². The van der Waals surface area contributed by atoms with Gasteiger partial charge < -0.3 is 42.0 Å². The van der Waals surface area contributed by atoms with Gasteiger partial charge in [-0.15, -0.1) is 33.8 Å². The fraction of sp³-hybridized carbons (Fsp3) is 0.431. The standard InChI is InChI=1S/C50H62N6O8S.CH3.Fe/c1-8-34-30(4)38-25-39-33(7)37(14-16-49(59)60)45(54-39)28-44-36(32(6)41(55-44)27-43-35(9-2)31(5)40(53-43)26-42(34)52-38)13-15-47(57)51-17-11-19-62-21-23-64-24-22-63-20-12-18-56-48(58)29-46(50(56)61)65-10-3;;/h8-9,25-28,46H,1-2,10-24,29H2,3-7H3,(H4,51,52,53,54,55,57,59,60);1H3;/q;-1;+3/p-2. The van der Waals surface area contributed by atoms with Crippen LogP contribution in [0.1, 0.15) is 104 Å². The van der Waals surface area contributed by atoms with Gasteiger partial charge in [0.25, 0.3) is 0 Å². The van der Waals surface area contributed by atoms with Gasteiger partial charge in [-0.05, 0) is 81.4 Å². The van der Waals surface area contributed by atoms with Gasteiger partial charge >= 0.3 is 23.0 Å². The topological polar surface area (TPSA) is 185 Å². The van der Waals surface area contributed by atoms with E-state index in [0.29, 0.717) is 94.4 Å². The normalized spacial score (nSPS) is 14.6. The van der Waals surface area contributed by atoms with Gasteiger partial charge in [0.2, 0.25) is 17.7 Å². The van der Waals surface area contributed by atoms with Gasteiger partial charge in [0.15, 0.2) is 0 Å². The molecule has 1 fully saturated rings. The quantitative estimate of drug-likeness (QED) is 0.0382. The molecule has 3 aromatic heterocycles. The summed E-state index contributed by atoms with van der Waals surface area (Å²) in [5.41, 5.74) is 12.9. The summed E-state index contributed by atoms with van der Waals surface area (Å²) in [5, 5.41) is 12.4. The van der Waals surface area contributed by atoms with Crippen LogP contribution < -0.4 is 15.3 Å². The number of carbonyl (C=O) groups is 4. The number of amides is 3. The molecule has 1 unspecified atom stereocenters. The second-order valence-corrected chi connectivity index (χ2v) is 17.6. The second kappa shape index (κ2) is 25.9. The molecule has 0 spiro atoms. The third kappa shape index (κ3) is 13.5. The Hall–Kier alpha value is -5.09. The number of allylic oxidation sites excluding steroid dienone is 5. The van der Waals surface area contributed by atoms with Crippen LogP contribution in [0.15, 0.2) is 43.5 Å². The second-order valence-electron chi connectivity index (χ2n) is 16.1. The molecule has 0 aromatic carbocycles. The van der Waals surface area contributed by atoms with Crippen LogP contribution in [0, 0.1) is 21.3 Å². The Labute approximate surface area is 409 Å². The number of aromatic nitrogens is 4. The average Bonchev–Trinajstić information content (AvgIpc) is 4.00. The smallest absolute Gasteiger partial charge is 0.657 e. The molecule has 6 heterocycles. The van der Waals surface area contributed by atoms with Gasteiger partial charge in [-0.2, -0.15) is 0 Å². The number of carboxylic acid groups (broad SMARTS) is 1. The van der Waals surface area contributed by atoms with Crippen molar-refractivity contribution in [3.63, 3.8) is 0 Å². The van der Waals surface area contributed by atoms with Crippen LogP contribution in [0.25, 0.3) is 50.4 Å². The Kier molecular flexibility index (Phi) is 21.1. The minimum atomic E-state index is -0.898. The summed E-state index contributed by atoms with van der Waals surface area (Å²) < 4.78 is 16.9. The Morgan fingerprint density at radius 2 is 1.40 bits per heavy atom. The van der Waals surface area contributed by atoms with Gasteiger partial charge in [-0.1, -0.05) is 73.2 Å². The molecule has 1 atom stereocenters. The van der Waals surface area contributed by atoms with E-state index in [4.69, 9.17) is 34.1 Å². The molecule has 16 heteroatoms. The molecule has 1 radical (unpaired) electrons. The Morgan fingerprint density at radius 3 is 2.07 bits per heavy atom. The first kappa shape index (κ1) is 54.5. The zero-order valence-electron chi connectivity index (χ0n) is 39.6. The number of nitrogens with zero attached hydrogens (tertiary/aromatic N) is 5. The molecule has 2 N–H and O–H groups in total. The van der Waals surface area contributed by atoms with Crippen molar-refractivity contribution in [2.75, 3.05) is 58.5 Å². The first-order valence-corrected chi connectivity index (χ1v) is 23.4. The number of aliphatic carboxylic acids is 1. The van der Waals surface area contributed by atoms with Crippen LogP contribution in [0.2, 0.25) is 0 Å². The fourth-order valence-corrected chi connectivity index (χ4v) is 9.13. The first-order valence-electron chi connectivity index (χ1n) is 22.3. The number of hydrogen-bond donors (Lipinski definition) is 2. The summed E-state index contributed by atoms with van der Waals surface area (Å²) in [7, 11) is 0. The van der Waals surface area contributed by atoms with E-state index >= 15 is 0 Å². The molecule has 6 rings (SSSR count). The van der Waals surface area contributed by atoms with Crippen molar-refractivity contribution in [3.05, 3.63) is 96.0 Å². The SMILES string of the molecule is C=CC1=C(C)c2cc3[n-]c(cc4nc(cc5[n-]c(cc1n2)c(C)c5CCC(=O)NCCCOCCOCCOCCCN1C(=O)CC(SCC)C1=O)C(CCC(=O)O)=C4C)c(C)c3C=C.[CH3-].[Fe+3].